The second kappa shape index (κ2) is 28.1. The third kappa shape index (κ3) is 26.5. The molecule has 0 spiro atoms. The average Bonchev–Trinajstić information content (AvgIpc) is 2.91. The Bertz CT molecular complexity index is 711. The van der Waals surface area contributed by atoms with Crippen LogP contribution < -0.4 is 10.6 Å². The van der Waals surface area contributed by atoms with Crippen molar-refractivity contribution >= 4 is 17.8 Å². The smallest absolute Gasteiger partial charge is 0.326 e. The van der Waals surface area contributed by atoms with Gasteiger partial charge in [-0.25, -0.2) is 10.3 Å². The number of carbonyl (C=O) groups is 3. The zero-order valence-electron chi connectivity index (χ0n) is 22.2. The van der Waals surface area contributed by atoms with E-state index in [-0.39, 0.29) is 51.9 Å². The number of ether oxygens (including phenoxy) is 6. The van der Waals surface area contributed by atoms with Gasteiger partial charge in [-0.2, -0.15) is 5.11 Å². The summed E-state index contributed by atoms with van der Waals surface area (Å²) in [5.41, 5.74) is 14.7. The van der Waals surface area contributed by atoms with E-state index >= 15 is 0 Å². The van der Waals surface area contributed by atoms with Crippen LogP contribution in [0.5, 0.6) is 0 Å². The number of nitrogens with zero attached hydrogens (tertiary/aromatic N) is 4. The highest BCUT2D eigenvalue weighted by molar-refractivity contribution is 5.84. The van der Waals surface area contributed by atoms with Gasteiger partial charge in [0, 0.05) is 18.0 Å². The maximum atomic E-state index is 11.9. The zero-order chi connectivity index (χ0) is 28.8. The number of aliphatic carboxylic acids is 1. The summed E-state index contributed by atoms with van der Waals surface area (Å²) >= 11 is 0. The van der Waals surface area contributed by atoms with Gasteiger partial charge in [-0.1, -0.05) is 5.11 Å². The molecule has 0 saturated carbocycles. The first-order valence-corrected chi connectivity index (χ1v) is 12.6. The van der Waals surface area contributed by atoms with Crippen LogP contribution in [0.4, 0.5) is 0 Å². The van der Waals surface area contributed by atoms with Gasteiger partial charge in [0.15, 0.2) is 0 Å². The molecule has 0 aliphatic carbocycles. The zero-order valence-corrected chi connectivity index (χ0v) is 22.2. The van der Waals surface area contributed by atoms with Crippen molar-refractivity contribution < 1.29 is 47.9 Å². The minimum absolute atomic E-state index is 0.115. The van der Waals surface area contributed by atoms with E-state index < -0.39 is 17.9 Å². The van der Waals surface area contributed by atoms with E-state index in [2.05, 4.69) is 25.8 Å². The number of nitrogens with one attached hydrogen (secondary N) is 3. The van der Waals surface area contributed by atoms with E-state index in [0.717, 1.165) is 0 Å². The first kappa shape index (κ1) is 36.1. The maximum Gasteiger partial charge on any atom is 0.326 e. The van der Waals surface area contributed by atoms with Crippen molar-refractivity contribution in [2.75, 3.05) is 98.9 Å². The van der Waals surface area contributed by atoms with Gasteiger partial charge in [-0.3, -0.25) is 9.59 Å². The molecule has 0 rings (SSSR count). The van der Waals surface area contributed by atoms with E-state index in [1.54, 1.807) is 0 Å². The second-order valence-electron chi connectivity index (χ2n) is 7.69. The van der Waals surface area contributed by atoms with Crippen molar-refractivity contribution in [3.05, 3.63) is 10.4 Å². The molecule has 0 aliphatic rings. The van der Waals surface area contributed by atoms with Gasteiger partial charge >= 0.3 is 5.97 Å². The number of hydrogen-bond donors (Lipinski definition) is 4. The Morgan fingerprint density at radius 2 is 1.28 bits per heavy atom. The predicted molar refractivity (Wildman–Crippen MR) is 135 cm³/mol. The summed E-state index contributed by atoms with van der Waals surface area (Å²) in [7, 11) is 0. The van der Waals surface area contributed by atoms with Gasteiger partial charge in [0.1, 0.15) is 19.3 Å². The average molecular weight is 564 g/mol. The fourth-order valence-corrected chi connectivity index (χ4v) is 2.72. The van der Waals surface area contributed by atoms with E-state index in [1.807, 2.05) is 0 Å². The van der Waals surface area contributed by atoms with Crippen molar-refractivity contribution in [2.24, 2.45) is 10.2 Å². The van der Waals surface area contributed by atoms with Gasteiger partial charge in [0.05, 0.1) is 72.6 Å². The second-order valence-corrected chi connectivity index (χ2v) is 7.69. The van der Waals surface area contributed by atoms with Crippen molar-refractivity contribution in [1.29, 1.82) is 5.53 Å². The highest BCUT2D eigenvalue weighted by Crippen LogP contribution is 2.01. The number of azide groups is 1. The molecule has 0 heterocycles. The van der Waals surface area contributed by atoms with Crippen LogP contribution in [0.2, 0.25) is 0 Å². The van der Waals surface area contributed by atoms with E-state index in [4.69, 9.17) is 39.5 Å². The van der Waals surface area contributed by atoms with Gasteiger partial charge in [0.25, 0.3) is 0 Å². The molecule has 4 N–H and O–H groups in total. The summed E-state index contributed by atoms with van der Waals surface area (Å²) in [4.78, 5) is 37.7. The van der Waals surface area contributed by atoms with Crippen LogP contribution in [0.25, 0.3) is 10.4 Å². The fraction of sp³-hybridized carbons (Fsp3) is 0.864. The minimum Gasteiger partial charge on any atom is -0.480 e. The molecule has 1 unspecified atom stereocenters. The molecule has 0 aromatic rings. The summed E-state index contributed by atoms with van der Waals surface area (Å²) in [5.74, 6) is -1.99. The van der Waals surface area contributed by atoms with Crippen molar-refractivity contribution in [2.45, 2.75) is 25.3 Å². The predicted octanol–water partition coefficient (Wildman–Crippen LogP) is 0.283. The lowest BCUT2D eigenvalue weighted by Crippen LogP contribution is -2.42. The molecule has 0 bridgehead atoms. The molecule has 2 amide bonds. The van der Waals surface area contributed by atoms with Crippen molar-refractivity contribution in [3.8, 4) is 0 Å². The molecular weight excluding hydrogens is 522 g/mol. The van der Waals surface area contributed by atoms with Crippen LogP contribution in [-0.4, -0.2) is 128 Å². The first-order chi connectivity index (χ1) is 19.0. The molecule has 224 valence electrons. The normalized spacial score (nSPS) is 11.4. The number of rotatable bonds is 29. The minimum atomic E-state index is -1.15. The van der Waals surface area contributed by atoms with Gasteiger partial charge in [-0.05, 0) is 24.8 Å². The lowest BCUT2D eigenvalue weighted by atomic mass is 10.1. The van der Waals surface area contributed by atoms with Crippen LogP contribution in [-0.2, 0) is 42.8 Å². The van der Waals surface area contributed by atoms with Crippen molar-refractivity contribution in [3.63, 3.8) is 0 Å². The van der Waals surface area contributed by atoms with Gasteiger partial charge in [-0.15, -0.1) is 0 Å². The molecule has 39 heavy (non-hydrogen) atoms. The molecule has 0 aromatic heterocycles. The largest absolute Gasteiger partial charge is 0.480 e. The van der Waals surface area contributed by atoms with Crippen LogP contribution in [0.3, 0.4) is 0 Å². The van der Waals surface area contributed by atoms with Gasteiger partial charge < -0.3 is 44.2 Å². The molecule has 1 atom stereocenters. The maximum absolute atomic E-state index is 11.9. The number of carboxylic acids is 1. The third-order valence-corrected chi connectivity index (χ3v) is 4.58. The molecule has 0 aromatic carbocycles. The molecule has 17 heteroatoms. The Morgan fingerprint density at radius 3 is 1.82 bits per heavy atom. The first-order valence-electron chi connectivity index (χ1n) is 12.6. The lowest BCUT2D eigenvalue weighted by molar-refractivity contribution is -0.142. The highest BCUT2D eigenvalue weighted by Gasteiger charge is 2.19. The molecule has 0 radical (unpaired) electrons. The Balaban J connectivity index is 3.68. The van der Waals surface area contributed by atoms with E-state index in [0.29, 0.717) is 72.2 Å². The van der Waals surface area contributed by atoms with E-state index in [1.165, 1.54) is 0 Å². The summed E-state index contributed by atoms with van der Waals surface area (Å²) in [6, 6.07) is -1.06. The van der Waals surface area contributed by atoms with Crippen LogP contribution in [0.1, 0.15) is 19.3 Å². The highest BCUT2D eigenvalue weighted by atomic mass is 16.5. The Morgan fingerprint density at radius 1 is 0.769 bits per heavy atom. The molecular formula is C22H41N7O10. The van der Waals surface area contributed by atoms with Crippen LogP contribution in [0.15, 0.2) is 10.2 Å². The molecule has 0 aliphatic heterocycles. The van der Waals surface area contributed by atoms with Crippen LogP contribution >= 0.6 is 0 Å². The molecule has 17 nitrogen and oxygen atoms in total. The Hall–Kier alpha value is -2.92. The number of unbranched alkanes of at least 4 members (excludes halogenated alkanes) is 1. The topological polar surface area (TPSA) is 236 Å². The summed E-state index contributed by atoms with van der Waals surface area (Å²) in [6.07, 6.45) is 1.21. The van der Waals surface area contributed by atoms with Crippen LogP contribution in [0, 0.1) is 5.53 Å². The quantitative estimate of drug-likeness (QED) is 0.0419. The number of hydrogen-bond acceptors (Lipinski definition) is 12. The summed E-state index contributed by atoms with van der Waals surface area (Å²) in [6.45, 7) is 3.58. The Labute approximate surface area is 227 Å². The Kier molecular flexibility index (Phi) is 26.0. The monoisotopic (exact) mass is 563 g/mol. The van der Waals surface area contributed by atoms with Crippen molar-refractivity contribution in [1.82, 2.24) is 10.6 Å². The number of carbonyl (C=O) groups excluding carboxylic acids is 2. The summed E-state index contributed by atoms with van der Waals surface area (Å²) in [5, 5.41) is 20.9. The van der Waals surface area contributed by atoms with Gasteiger partial charge in [0.2, 0.25) is 11.8 Å². The number of amides is 2. The van der Waals surface area contributed by atoms with E-state index in [9.17, 15) is 19.5 Å². The summed E-state index contributed by atoms with van der Waals surface area (Å²) < 4.78 is 31.2. The standard InChI is InChI=1S/C22H41N7O10/c23-26-5-7-34-9-11-36-13-15-38-17-20(30)25-4-2-1-3-19(22(32)33)28-21(31)18-39-16-14-37-12-10-35-8-6-27-29-24/h19,23H,1-18H2,(H,25,30)(H,28,31)(H,32,33). The SMILES string of the molecule is [N-]=[N+]=NCCOCCOCCOCC(=O)NC(CCCCNC(=O)COCCOCCOCCN=N)C(=O)O. The molecule has 0 fully saturated rings. The number of carboxylic acid groups (broad SMARTS) is 1. The third-order valence-electron chi connectivity index (χ3n) is 4.58. The lowest BCUT2D eigenvalue weighted by Gasteiger charge is -2.15. The molecule has 0 saturated heterocycles. The fourth-order valence-electron chi connectivity index (χ4n) is 2.72.